The summed E-state index contributed by atoms with van der Waals surface area (Å²) in [6.45, 7) is 0.223. The van der Waals surface area contributed by atoms with Crippen molar-refractivity contribution in [2.75, 3.05) is 7.11 Å². The zero-order valence-electron chi connectivity index (χ0n) is 13.5. The third-order valence-corrected chi connectivity index (χ3v) is 3.90. The Bertz CT molecular complexity index is 852. The number of hydrogen-bond donors (Lipinski definition) is 0. The Balaban J connectivity index is 0.00000225. The van der Waals surface area contributed by atoms with E-state index in [0.29, 0.717) is 10.6 Å². The Hall–Kier alpha value is -2.24. The number of hydrogen-bond acceptors (Lipinski definition) is 3. The number of carbonyl (C=O) groups is 1. The second kappa shape index (κ2) is 8.74. The van der Waals surface area contributed by atoms with Crippen molar-refractivity contribution < 1.29 is 31.1 Å². The molecule has 0 fully saturated rings. The van der Waals surface area contributed by atoms with Crippen molar-refractivity contribution in [3.8, 4) is 17.0 Å². The molecule has 3 aromatic rings. The van der Waals surface area contributed by atoms with E-state index in [4.69, 9.17) is 16.3 Å². The highest BCUT2D eigenvalue weighted by Crippen LogP contribution is 2.26. The van der Waals surface area contributed by atoms with Gasteiger partial charge in [0.15, 0.2) is 12.2 Å². The molecule has 4 nitrogen and oxygen atoms in total. The molecule has 2 aromatic carbocycles. The van der Waals surface area contributed by atoms with Crippen LogP contribution in [-0.2, 0) is 6.54 Å². The molecule has 3 rings (SSSR count). The lowest BCUT2D eigenvalue weighted by molar-refractivity contribution is -0.686. The second-order valence-corrected chi connectivity index (χ2v) is 5.68. The minimum Gasteiger partial charge on any atom is -1.00 e. The topological polar surface area (TPSA) is 43.1 Å². The zero-order chi connectivity index (χ0) is 16.9. The van der Waals surface area contributed by atoms with Crippen molar-refractivity contribution in [2.45, 2.75) is 6.54 Å². The van der Waals surface area contributed by atoms with Gasteiger partial charge in [-0.25, -0.2) is 4.57 Å². The van der Waals surface area contributed by atoms with E-state index in [9.17, 15) is 4.79 Å². The lowest BCUT2D eigenvalue weighted by atomic mass is 10.1. The van der Waals surface area contributed by atoms with Crippen LogP contribution in [0.5, 0.6) is 5.75 Å². The molecule has 0 spiro atoms. The molecule has 1 aromatic heterocycles. The summed E-state index contributed by atoms with van der Waals surface area (Å²) in [6, 6.07) is 16.4. The first-order valence-electron chi connectivity index (χ1n) is 7.44. The molecule has 0 aliphatic carbocycles. The average Bonchev–Trinajstić information content (AvgIpc) is 2.63. The van der Waals surface area contributed by atoms with E-state index in [0.717, 1.165) is 17.0 Å². The molecule has 0 atom stereocenters. The van der Waals surface area contributed by atoms with Crippen LogP contribution in [0.25, 0.3) is 11.3 Å². The highest BCUT2D eigenvalue weighted by atomic mass is 79.9. The summed E-state index contributed by atoms with van der Waals surface area (Å²) in [6.07, 6.45) is 3.48. The van der Waals surface area contributed by atoms with Gasteiger partial charge in [-0.2, -0.15) is 0 Å². The molecule has 6 heteroatoms. The first-order chi connectivity index (χ1) is 11.7. The Labute approximate surface area is 161 Å². The van der Waals surface area contributed by atoms with E-state index in [1.807, 2.05) is 36.5 Å². The summed E-state index contributed by atoms with van der Waals surface area (Å²) in [4.78, 5) is 16.7. The van der Waals surface area contributed by atoms with Crippen LogP contribution in [-0.4, -0.2) is 17.9 Å². The van der Waals surface area contributed by atoms with Crippen molar-refractivity contribution in [1.29, 1.82) is 0 Å². The molecule has 0 N–H and O–H groups in total. The van der Waals surface area contributed by atoms with E-state index in [1.54, 1.807) is 42.3 Å². The number of carbonyl (C=O) groups excluding carboxylic acids is 1. The molecule has 0 saturated carbocycles. The van der Waals surface area contributed by atoms with Crippen molar-refractivity contribution in [2.24, 2.45) is 0 Å². The number of nitrogens with zero attached hydrogens (tertiary/aromatic N) is 2. The van der Waals surface area contributed by atoms with Gasteiger partial charge in [0.25, 0.3) is 6.33 Å². The molecule has 0 saturated heterocycles. The highest BCUT2D eigenvalue weighted by molar-refractivity contribution is 6.30. The Morgan fingerprint density at radius 1 is 1.12 bits per heavy atom. The van der Waals surface area contributed by atoms with Gasteiger partial charge in [-0.05, 0) is 41.4 Å². The standard InChI is InChI=1S/C19H16ClN2O2.BrH/c1-24-19-5-3-2-4-16(19)17-10-11-22(13-21-17)12-18(23)14-6-8-15(20)9-7-14;/h2-11,13H,12H2,1H3;1H/q+1;/p-1. The molecule has 0 aliphatic rings. The molecular formula is C19H16BrClN2O2. The number of halogens is 2. The van der Waals surface area contributed by atoms with Gasteiger partial charge in [-0.3, -0.25) is 4.79 Å². The fourth-order valence-corrected chi connectivity index (χ4v) is 2.51. The summed E-state index contributed by atoms with van der Waals surface area (Å²) < 4.78 is 7.10. The van der Waals surface area contributed by atoms with E-state index in [2.05, 4.69) is 4.98 Å². The lowest BCUT2D eigenvalue weighted by Crippen LogP contribution is -3.00. The zero-order valence-corrected chi connectivity index (χ0v) is 15.9. The van der Waals surface area contributed by atoms with Crippen LogP contribution in [0.3, 0.4) is 0 Å². The summed E-state index contributed by atoms with van der Waals surface area (Å²) in [7, 11) is 1.63. The fourth-order valence-electron chi connectivity index (χ4n) is 2.39. The second-order valence-electron chi connectivity index (χ2n) is 5.25. The van der Waals surface area contributed by atoms with E-state index >= 15 is 0 Å². The van der Waals surface area contributed by atoms with E-state index < -0.39 is 0 Å². The lowest BCUT2D eigenvalue weighted by Gasteiger charge is -2.05. The van der Waals surface area contributed by atoms with Crippen LogP contribution in [0.1, 0.15) is 10.4 Å². The largest absolute Gasteiger partial charge is 1.00 e. The summed E-state index contributed by atoms with van der Waals surface area (Å²) in [5.41, 5.74) is 2.33. The molecule has 0 aliphatic heterocycles. The Kier molecular flexibility index (Phi) is 6.67. The van der Waals surface area contributed by atoms with Crippen molar-refractivity contribution in [3.63, 3.8) is 0 Å². The fraction of sp³-hybridized carbons (Fsp3) is 0.105. The highest BCUT2D eigenvalue weighted by Gasteiger charge is 2.14. The van der Waals surface area contributed by atoms with Gasteiger partial charge < -0.3 is 21.7 Å². The molecule has 0 bridgehead atoms. The van der Waals surface area contributed by atoms with Gasteiger partial charge in [0, 0.05) is 16.7 Å². The SMILES string of the molecule is COc1ccccc1-c1cc[n+](CC(=O)c2ccc(Cl)cc2)cn1.[Br-]. The van der Waals surface area contributed by atoms with Crippen LogP contribution >= 0.6 is 11.6 Å². The maximum atomic E-state index is 12.3. The number of ether oxygens (including phenoxy) is 1. The molecule has 128 valence electrons. The Morgan fingerprint density at radius 2 is 1.84 bits per heavy atom. The maximum Gasteiger partial charge on any atom is 0.287 e. The van der Waals surface area contributed by atoms with Gasteiger partial charge in [0.2, 0.25) is 5.78 Å². The number of para-hydroxylation sites is 1. The van der Waals surface area contributed by atoms with Gasteiger partial charge in [0.05, 0.1) is 18.9 Å². The smallest absolute Gasteiger partial charge is 0.287 e. The average molecular weight is 420 g/mol. The van der Waals surface area contributed by atoms with Crippen LogP contribution in [0.4, 0.5) is 0 Å². The Morgan fingerprint density at radius 3 is 2.48 bits per heavy atom. The number of aromatic nitrogens is 2. The molecular weight excluding hydrogens is 404 g/mol. The van der Waals surface area contributed by atoms with Gasteiger partial charge in [-0.15, -0.1) is 0 Å². The minimum absolute atomic E-state index is 0. The van der Waals surface area contributed by atoms with E-state index in [1.165, 1.54) is 0 Å². The minimum atomic E-state index is 0. The third-order valence-electron chi connectivity index (χ3n) is 3.64. The van der Waals surface area contributed by atoms with Crippen LogP contribution < -0.4 is 26.3 Å². The molecule has 0 unspecified atom stereocenters. The van der Waals surface area contributed by atoms with Gasteiger partial charge in [-0.1, -0.05) is 23.7 Å². The third kappa shape index (κ3) is 4.65. The van der Waals surface area contributed by atoms with Crippen molar-refractivity contribution in [3.05, 3.63) is 77.7 Å². The van der Waals surface area contributed by atoms with Crippen LogP contribution in [0, 0.1) is 0 Å². The summed E-state index contributed by atoms with van der Waals surface area (Å²) in [5, 5.41) is 0.613. The first-order valence-corrected chi connectivity index (χ1v) is 7.82. The predicted molar refractivity (Wildman–Crippen MR) is 92.2 cm³/mol. The molecule has 25 heavy (non-hydrogen) atoms. The first kappa shape index (κ1) is 19.1. The molecule has 0 amide bonds. The number of Topliss-reactive ketones (excluding diaryl/α,β-unsaturated/α-hetero) is 1. The van der Waals surface area contributed by atoms with Gasteiger partial charge >= 0.3 is 0 Å². The number of ketones is 1. The number of methoxy groups -OCH3 is 1. The van der Waals surface area contributed by atoms with E-state index in [-0.39, 0.29) is 29.3 Å². The van der Waals surface area contributed by atoms with Crippen molar-refractivity contribution in [1.82, 2.24) is 4.98 Å². The summed E-state index contributed by atoms with van der Waals surface area (Å²) >= 11 is 5.84. The predicted octanol–water partition coefficient (Wildman–Crippen LogP) is 0.585. The molecule has 0 radical (unpaired) electrons. The quantitative estimate of drug-likeness (QED) is 0.449. The maximum absolute atomic E-state index is 12.3. The number of benzene rings is 2. The van der Waals surface area contributed by atoms with Crippen LogP contribution in [0.2, 0.25) is 5.02 Å². The molecule has 1 heterocycles. The normalized spacial score (nSPS) is 10.0. The van der Waals surface area contributed by atoms with Crippen molar-refractivity contribution >= 4 is 17.4 Å². The van der Waals surface area contributed by atoms with Crippen LogP contribution in [0.15, 0.2) is 67.1 Å². The monoisotopic (exact) mass is 418 g/mol. The number of rotatable bonds is 5. The van der Waals surface area contributed by atoms with Gasteiger partial charge in [0.1, 0.15) is 5.75 Å². The summed E-state index contributed by atoms with van der Waals surface area (Å²) in [5.74, 6) is 0.767.